The molecule has 0 aromatic rings. The predicted molar refractivity (Wildman–Crippen MR) is 89.9 cm³/mol. The zero-order valence-electron chi connectivity index (χ0n) is 15.2. The highest BCUT2D eigenvalue weighted by Crippen LogP contribution is 2.49. The molecule has 0 unspecified atom stereocenters. The minimum Gasteiger partial charge on any atom is -0.456 e. The van der Waals surface area contributed by atoms with E-state index < -0.39 is 5.60 Å². The van der Waals surface area contributed by atoms with Gasteiger partial charge in [0.05, 0.1) is 24.1 Å². The Bertz CT molecular complexity index is 659. The molecule has 0 N–H and O–H groups in total. The molecule has 4 aliphatic heterocycles. The molecule has 0 radical (unpaired) electrons. The maximum absolute atomic E-state index is 13.0. The van der Waals surface area contributed by atoms with Crippen LogP contribution in [0.1, 0.15) is 45.4 Å². The number of carbonyl (C=O) groups is 3. The number of nitrogens with zero attached hydrogens (tertiary/aromatic N) is 1. The van der Waals surface area contributed by atoms with Crippen molar-refractivity contribution in [3.8, 4) is 0 Å². The van der Waals surface area contributed by atoms with E-state index in [-0.39, 0.29) is 48.1 Å². The average molecular weight is 363 g/mol. The van der Waals surface area contributed by atoms with Crippen LogP contribution in [0, 0.1) is 5.92 Å². The van der Waals surface area contributed by atoms with Crippen LogP contribution in [0.3, 0.4) is 0 Å². The van der Waals surface area contributed by atoms with Crippen molar-refractivity contribution >= 4 is 17.8 Å². The number of fused-ring (bicyclic) bond motifs is 2. The van der Waals surface area contributed by atoms with Gasteiger partial charge in [0.15, 0.2) is 5.60 Å². The Morgan fingerprint density at radius 1 is 1.23 bits per heavy atom. The summed E-state index contributed by atoms with van der Waals surface area (Å²) in [6.45, 7) is 5.60. The molecule has 0 aromatic carbocycles. The monoisotopic (exact) mass is 363 g/mol. The van der Waals surface area contributed by atoms with Crippen molar-refractivity contribution in [2.24, 2.45) is 5.92 Å². The van der Waals surface area contributed by atoms with Crippen LogP contribution in [0.4, 0.5) is 0 Å². The number of rotatable bonds is 2. The lowest BCUT2D eigenvalue weighted by Crippen LogP contribution is -2.58. The molecular formula is C19H25NO6. The minimum atomic E-state index is -0.814. The molecule has 0 aliphatic carbocycles. The van der Waals surface area contributed by atoms with E-state index in [1.807, 2.05) is 11.8 Å². The lowest BCUT2D eigenvalue weighted by molar-refractivity contribution is -0.174. The quantitative estimate of drug-likeness (QED) is 0.544. The number of methoxy groups -OCH3 is 1. The highest BCUT2D eigenvalue weighted by molar-refractivity contribution is 5.90. The van der Waals surface area contributed by atoms with Gasteiger partial charge in [0, 0.05) is 31.9 Å². The van der Waals surface area contributed by atoms with E-state index in [0.29, 0.717) is 44.1 Å². The van der Waals surface area contributed by atoms with Crippen LogP contribution in [-0.4, -0.2) is 59.7 Å². The lowest BCUT2D eigenvalue weighted by atomic mass is 9.81. The number of hydrogen-bond donors (Lipinski definition) is 0. The van der Waals surface area contributed by atoms with E-state index in [1.54, 1.807) is 7.11 Å². The molecule has 4 rings (SSSR count). The first-order chi connectivity index (χ1) is 12.4. The molecule has 4 fully saturated rings. The number of amides is 1. The molecule has 4 saturated heterocycles. The predicted octanol–water partition coefficient (Wildman–Crippen LogP) is 1.35. The van der Waals surface area contributed by atoms with Gasteiger partial charge in [0.25, 0.3) is 0 Å². The smallest absolute Gasteiger partial charge is 0.333 e. The summed E-state index contributed by atoms with van der Waals surface area (Å²) in [7, 11) is 1.61. The Morgan fingerprint density at radius 3 is 2.58 bits per heavy atom. The summed E-state index contributed by atoms with van der Waals surface area (Å²) >= 11 is 0. The van der Waals surface area contributed by atoms with Crippen molar-refractivity contribution in [2.45, 2.75) is 75.3 Å². The van der Waals surface area contributed by atoms with Gasteiger partial charge in [-0.2, -0.15) is 0 Å². The molecule has 4 aliphatic rings. The number of cyclic esters (lactones) is 1. The SMILES string of the molecule is C=C1C[C@H]([C@@H]2CC[C@@H]3N2C(=O)CC[C@@H](OC)[C@]32C[C@@H](C)C(=O)O2)OC1=O. The first kappa shape index (κ1) is 17.5. The summed E-state index contributed by atoms with van der Waals surface area (Å²) in [5, 5.41) is 0. The Labute approximate surface area is 152 Å². The second-order valence-electron chi connectivity index (χ2n) is 7.96. The zero-order valence-corrected chi connectivity index (χ0v) is 15.2. The Balaban J connectivity index is 1.69. The molecule has 26 heavy (non-hydrogen) atoms. The van der Waals surface area contributed by atoms with Gasteiger partial charge in [-0.1, -0.05) is 13.5 Å². The van der Waals surface area contributed by atoms with Crippen molar-refractivity contribution in [2.75, 3.05) is 7.11 Å². The van der Waals surface area contributed by atoms with Crippen LogP contribution < -0.4 is 0 Å². The summed E-state index contributed by atoms with van der Waals surface area (Å²) < 4.78 is 17.1. The highest BCUT2D eigenvalue weighted by Gasteiger charge is 2.62. The first-order valence-corrected chi connectivity index (χ1v) is 9.33. The van der Waals surface area contributed by atoms with Crippen molar-refractivity contribution in [3.05, 3.63) is 12.2 Å². The van der Waals surface area contributed by atoms with Crippen LogP contribution in [0.15, 0.2) is 12.2 Å². The molecule has 4 heterocycles. The number of esters is 2. The summed E-state index contributed by atoms with van der Waals surface area (Å²) in [6.07, 6.45) is 2.58. The molecule has 7 nitrogen and oxygen atoms in total. The molecule has 1 amide bonds. The summed E-state index contributed by atoms with van der Waals surface area (Å²) in [4.78, 5) is 38.8. The summed E-state index contributed by atoms with van der Waals surface area (Å²) in [5.41, 5.74) is -0.364. The van der Waals surface area contributed by atoms with Gasteiger partial charge in [-0.25, -0.2) is 4.79 Å². The zero-order chi connectivity index (χ0) is 18.6. The van der Waals surface area contributed by atoms with Gasteiger partial charge < -0.3 is 19.1 Å². The number of ether oxygens (including phenoxy) is 3. The van der Waals surface area contributed by atoms with Crippen molar-refractivity contribution in [1.82, 2.24) is 4.90 Å². The number of carbonyl (C=O) groups excluding carboxylic acids is 3. The fraction of sp³-hybridized carbons (Fsp3) is 0.737. The van der Waals surface area contributed by atoms with Gasteiger partial charge in [-0.3, -0.25) is 9.59 Å². The fourth-order valence-corrected chi connectivity index (χ4v) is 5.30. The Hall–Kier alpha value is -1.89. The van der Waals surface area contributed by atoms with Gasteiger partial charge in [0.1, 0.15) is 6.10 Å². The topological polar surface area (TPSA) is 82.1 Å². The largest absolute Gasteiger partial charge is 0.456 e. The molecular weight excluding hydrogens is 338 g/mol. The normalized spacial score (nSPS) is 42.8. The van der Waals surface area contributed by atoms with Crippen LogP contribution in [0.2, 0.25) is 0 Å². The third-order valence-electron chi connectivity index (χ3n) is 6.47. The maximum Gasteiger partial charge on any atom is 0.333 e. The van der Waals surface area contributed by atoms with Crippen LogP contribution in [0.25, 0.3) is 0 Å². The van der Waals surface area contributed by atoms with Crippen molar-refractivity contribution in [1.29, 1.82) is 0 Å². The van der Waals surface area contributed by atoms with Gasteiger partial charge >= 0.3 is 11.9 Å². The molecule has 7 heteroatoms. The van der Waals surface area contributed by atoms with E-state index in [1.165, 1.54) is 0 Å². The van der Waals surface area contributed by atoms with E-state index in [2.05, 4.69) is 6.58 Å². The molecule has 6 atom stereocenters. The van der Waals surface area contributed by atoms with E-state index >= 15 is 0 Å². The van der Waals surface area contributed by atoms with Gasteiger partial charge in [0.2, 0.25) is 5.91 Å². The molecule has 142 valence electrons. The molecule has 1 spiro atoms. The van der Waals surface area contributed by atoms with Crippen LogP contribution in [0.5, 0.6) is 0 Å². The van der Waals surface area contributed by atoms with Crippen molar-refractivity contribution < 1.29 is 28.6 Å². The standard InChI is InChI=1S/C19H25NO6/c1-10-8-13(25-17(10)22)12-4-5-14-19(9-11(2)18(23)26-19)15(24-3)6-7-16(21)20(12)14/h11-15H,1,4-9H2,2-3H3/t11-,12+,13-,14+,15-,19+/m1/s1. The average Bonchev–Trinajstić information content (AvgIpc) is 3.24. The maximum atomic E-state index is 13.0. The second kappa shape index (κ2) is 6.08. The second-order valence-corrected chi connectivity index (χ2v) is 7.96. The first-order valence-electron chi connectivity index (χ1n) is 9.33. The highest BCUT2D eigenvalue weighted by atomic mass is 16.6. The number of hydrogen-bond acceptors (Lipinski definition) is 6. The molecule has 0 saturated carbocycles. The van der Waals surface area contributed by atoms with Gasteiger partial charge in [-0.15, -0.1) is 0 Å². The van der Waals surface area contributed by atoms with Crippen LogP contribution >= 0.6 is 0 Å². The summed E-state index contributed by atoms with van der Waals surface area (Å²) in [6, 6.07) is -0.438. The van der Waals surface area contributed by atoms with Crippen molar-refractivity contribution in [3.63, 3.8) is 0 Å². The van der Waals surface area contributed by atoms with E-state index in [9.17, 15) is 14.4 Å². The fourth-order valence-electron chi connectivity index (χ4n) is 5.30. The van der Waals surface area contributed by atoms with E-state index in [0.717, 1.165) is 0 Å². The summed E-state index contributed by atoms with van der Waals surface area (Å²) in [5.74, 6) is -0.817. The third kappa shape index (κ3) is 2.40. The molecule has 0 aromatic heterocycles. The lowest BCUT2D eigenvalue weighted by Gasteiger charge is -2.42. The Morgan fingerprint density at radius 2 is 2.00 bits per heavy atom. The van der Waals surface area contributed by atoms with E-state index in [4.69, 9.17) is 14.2 Å². The minimum absolute atomic E-state index is 0.0144. The third-order valence-corrected chi connectivity index (χ3v) is 6.47. The Kier molecular flexibility index (Phi) is 4.10. The molecule has 0 bridgehead atoms. The van der Waals surface area contributed by atoms with Gasteiger partial charge in [-0.05, 0) is 19.3 Å². The van der Waals surface area contributed by atoms with Crippen LogP contribution in [-0.2, 0) is 28.6 Å².